The van der Waals surface area contributed by atoms with Crippen LogP contribution in [0.5, 0.6) is 0 Å². The Hall–Kier alpha value is -2.42. The second-order valence-corrected chi connectivity index (χ2v) is 5.58. The Morgan fingerprint density at radius 3 is 2.32 bits per heavy atom. The molecule has 0 saturated carbocycles. The van der Waals surface area contributed by atoms with Gasteiger partial charge >= 0.3 is 0 Å². The van der Waals surface area contributed by atoms with Crippen molar-refractivity contribution in [2.75, 3.05) is 24.7 Å². The lowest BCUT2D eigenvalue weighted by Crippen LogP contribution is -2.43. The fourth-order valence-corrected chi connectivity index (χ4v) is 3.10. The van der Waals surface area contributed by atoms with Gasteiger partial charge in [-0.25, -0.2) is 0 Å². The summed E-state index contributed by atoms with van der Waals surface area (Å²) < 4.78 is 0. The van der Waals surface area contributed by atoms with Crippen LogP contribution in [0.2, 0.25) is 0 Å². The van der Waals surface area contributed by atoms with Crippen LogP contribution in [0.15, 0.2) is 79.9 Å². The maximum Gasteiger partial charge on any atom is 0.236 e. The van der Waals surface area contributed by atoms with Crippen LogP contribution in [0.1, 0.15) is 0 Å². The third-order valence-electron chi connectivity index (χ3n) is 4.27. The Balaban J connectivity index is 1.97. The van der Waals surface area contributed by atoms with E-state index in [1.165, 1.54) is 16.6 Å². The minimum atomic E-state index is 0.218. The fourth-order valence-electron chi connectivity index (χ4n) is 3.10. The molecule has 0 amide bonds. The average Bonchev–Trinajstić information content (AvgIpc) is 3.06. The molecule has 3 heteroatoms. The number of nitrogens with zero attached hydrogens (tertiary/aromatic N) is 2. The van der Waals surface area contributed by atoms with Gasteiger partial charge in [-0.2, -0.15) is 0 Å². The Bertz CT molecular complexity index is 653. The molecule has 3 rings (SSSR count). The fraction of sp³-hybridized carbons (Fsp3) is 0.158. The van der Waals surface area contributed by atoms with Gasteiger partial charge < -0.3 is 9.80 Å². The number of rotatable bonds is 5. The van der Waals surface area contributed by atoms with Crippen LogP contribution in [0.3, 0.4) is 0 Å². The van der Waals surface area contributed by atoms with Crippen molar-refractivity contribution in [3.63, 3.8) is 0 Å². The van der Waals surface area contributed by atoms with Crippen LogP contribution in [0.25, 0.3) is 0 Å². The molecule has 1 saturated heterocycles. The maximum atomic E-state index is 4.07. The summed E-state index contributed by atoms with van der Waals surface area (Å²) in [6, 6.07) is 19.2. The first-order valence-electron chi connectivity index (χ1n) is 7.71. The van der Waals surface area contributed by atoms with Crippen LogP contribution in [-0.4, -0.2) is 31.4 Å². The topological polar surface area (TPSA) is 6.48 Å². The second kappa shape index (κ2) is 6.57. The van der Waals surface area contributed by atoms with Crippen molar-refractivity contribution in [2.24, 2.45) is 0 Å². The molecule has 2 aromatic carbocycles. The quantitative estimate of drug-likeness (QED) is 0.779. The number of benzene rings is 2. The Morgan fingerprint density at radius 2 is 1.64 bits per heavy atom. The van der Waals surface area contributed by atoms with Gasteiger partial charge in [0.1, 0.15) is 0 Å². The van der Waals surface area contributed by atoms with Gasteiger partial charge in [0.25, 0.3) is 0 Å². The van der Waals surface area contributed by atoms with E-state index in [4.69, 9.17) is 0 Å². The molecule has 1 aliphatic heterocycles. The lowest BCUT2D eigenvalue weighted by molar-refractivity contribution is 0.473. The lowest BCUT2D eigenvalue weighted by atomic mass is 9.40. The van der Waals surface area contributed by atoms with Crippen molar-refractivity contribution >= 4 is 23.3 Å². The number of hydrogen-bond donors (Lipinski definition) is 0. The molecule has 0 N–H and O–H groups in total. The summed E-state index contributed by atoms with van der Waals surface area (Å²) in [5.74, 6) is 2.04. The third kappa shape index (κ3) is 2.80. The van der Waals surface area contributed by atoms with Crippen LogP contribution in [0, 0.1) is 0 Å². The number of anilines is 1. The highest BCUT2D eigenvalue weighted by molar-refractivity contribution is 6.90. The first kappa shape index (κ1) is 14.5. The molecule has 0 atom stereocenters. The summed E-state index contributed by atoms with van der Waals surface area (Å²) in [6.07, 6.45) is 1.92. The molecule has 22 heavy (non-hydrogen) atoms. The van der Waals surface area contributed by atoms with Gasteiger partial charge in [0, 0.05) is 18.8 Å². The first-order valence-corrected chi connectivity index (χ1v) is 7.71. The van der Waals surface area contributed by atoms with Crippen molar-refractivity contribution in [3.8, 4) is 0 Å². The van der Waals surface area contributed by atoms with E-state index in [1.54, 1.807) is 0 Å². The molecule has 2 aromatic rings. The highest BCUT2D eigenvalue weighted by Crippen LogP contribution is 2.17. The summed E-state index contributed by atoms with van der Waals surface area (Å²) >= 11 is 0. The molecule has 0 aromatic heterocycles. The Morgan fingerprint density at radius 1 is 0.909 bits per heavy atom. The zero-order valence-corrected chi connectivity index (χ0v) is 12.9. The second-order valence-electron chi connectivity index (χ2n) is 5.58. The van der Waals surface area contributed by atoms with E-state index in [2.05, 4.69) is 77.6 Å². The third-order valence-corrected chi connectivity index (χ3v) is 4.27. The average molecular weight is 288 g/mol. The molecule has 0 radical (unpaired) electrons. The van der Waals surface area contributed by atoms with E-state index in [-0.39, 0.29) is 6.71 Å². The summed E-state index contributed by atoms with van der Waals surface area (Å²) in [4.78, 5) is 4.65. The molecular weight excluding hydrogens is 267 g/mol. The van der Waals surface area contributed by atoms with Crippen LogP contribution in [0.4, 0.5) is 5.69 Å². The minimum Gasteiger partial charge on any atom is -0.359 e. The highest BCUT2D eigenvalue weighted by Gasteiger charge is 2.24. The predicted octanol–water partition coefficient (Wildman–Crippen LogP) is 2.24. The smallest absolute Gasteiger partial charge is 0.236 e. The van der Waals surface area contributed by atoms with Crippen molar-refractivity contribution in [2.45, 2.75) is 0 Å². The summed E-state index contributed by atoms with van der Waals surface area (Å²) in [5, 5.41) is 0. The number of para-hydroxylation sites is 1. The van der Waals surface area contributed by atoms with Crippen molar-refractivity contribution in [1.82, 2.24) is 4.90 Å². The van der Waals surface area contributed by atoms with Crippen LogP contribution >= 0.6 is 0 Å². The first-order chi connectivity index (χ1) is 10.8. The van der Waals surface area contributed by atoms with Gasteiger partial charge in [-0.15, -0.1) is 12.6 Å². The van der Waals surface area contributed by atoms with Gasteiger partial charge in [-0.05, 0) is 17.7 Å². The lowest BCUT2D eigenvalue weighted by Gasteiger charge is -2.24. The zero-order valence-electron chi connectivity index (χ0n) is 12.9. The summed E-state index contributed by atoms with van der Waals surface area (Å²) in [6.45, 7) is 11.1. The minimum absolute atomic E-state index is 0.218. The molecule has 2 nitrogen and oxygen atoms in total. The normalized spacial score (nSPS) is 14.0. The molecule has 1 aliphatic rings. The van der Waals surface area contributed by atoms with E-state index >= 15 is 0 Å². The van der Waals surface area contributed by atoms with Gasteiger partial charge in [0.15, 0.2) is 0 Å². The molecule has 0 bridgehead atoms. The van der Waals surface area contributed by atoms with Crippen molar-refractivity contribution < 1.29 is 0 Å². The highest BCUT2D eigenvalue weighted by atomic mass is 15.4. The van der Waals surface area contributed by atoms with E-state index in [0.717, 1.165) is 19.8 Å². The number of hydrogen-bond acceptors (Lipinski definition) is 2. The van der Waals surface area contributed by atoms with Crippen LogP contribution in [-0.2, 0) is 0 Å². The maximum absolute atomic E-state index is 4.07. The van der Waals surface area contributed by atoms with Crippen molar-refractivity contribution in [3.05, 3.63) is 79.9 Å². The van der Waals surface area contributed by atoms with Gasteiger partial charge in [0.2, 0.25) is 6.71 Å². The van der Waals surface area contributed by atoms with Gasteiger partial charge in [-0.3, -0.25) is 0 Å². The zero-order chi connectivity index (χ0) is 15.4. The Kier molecular flexibility index (Phi) is 4.33. The van der Waals surface area contributed by atoms with Gasteiger partial charge in [0.05, 0.1) is 6.67 Å². The van der Waals surface area contributed by atoms with E-state index in [1.807, 2.05) is 12.2 Å². The van der Waals surface area contributed by atoms with Crippen LogP contribution < -0.4 is 15.8 Å². The molecule has 1 heterocycles. The molecule has 0 unspecified atom stereocenters. The predicted molar refractivity (Wildman–Crippen MR) is 97.2 cm³/mol. The Labute approximate surface area is 133 Å². The molecular formula is C19H21BN2. The largest absolute Gasteiger partial charge is 0.359 e. The van der Waals surface area contributed by atoms with Crippen molar-refractivity contribution in [1.29, 1.82) is 0 Å². The molecule has 110 valence electrons. The SMILES string of the molecule is C=CB(c1ccccc1)c1ccccc1N1CCN(C=C)C1. The monoisotopic (exact) mass is 288 g/mol. The van der Waals surface area contributed by atoms with E-state index in [9.17, 15) is 0 Å². The van der Waals surface area contributed by atoms with E-state index in [0.29, 0.717) is 0 Å². The molecule has 0 aliphatic carbocycles. The van der Waals surface area contributed by atoms with Gasteiger partial charge in [-0.1, -0.05) is 60.6 Å². The standard InChI is InChI=1S/C19H21BN2/c1-3-20(17-10-6-5-7-11-17)18-12-8-9-13-19(18)22-15-14-21(4-2)16-22/h3-13H,1-2,14-16H2. The summed E-state index contributed by atoms with van der Waals surface area (Å²) in [7, 11) is 0. The molecule has 0 spiro atoms. The molecule has 1 fully saturated rings. The van der Waals surface area contributed by atoms with E-state index < -0.39 is 0 Å². The summed E-state index contributed by atoms with van der Waals surface area (Å²) in [5.41, 5.74) is 3.89.